The van der Waals surface area contributed by atoms with Gasteiger partial charge in [0.1, 0.15) is 5.84 Å². The molecule has 4 heteroatoms. The fraction of sp³-hybridized carbons (Fsp3) is 0.0667. The quantitative estimate of drug-likeness (QED) is 0.889. The first kappa shape index (κ1) is 11.5. The van der Waals surface area contributed by atoms with Gasteiger partial charge in [-0.3, -0.25) is 4.98 Å². The van der Waals surface area contributed by atoms with Gasteiger partial charge in [0, 0.05) is 23.6 Å². The highest BCUT2D eigenvalue weighted by Crippen LogP contribution is 2.27. The van der Waals surface area contributed by atoms with Gasteiger partial charge in [0.2, 0.25) is 0 Å². The number of nitrogens with zero attached hydrogens (tertiary/aromatic N) is 3. The number of para-hydroxylation sites is 1. The number of aliphatic imine (C=N–C) groups is 1. The lowest BCUT2D eigenvalue weighted by atomic mass is 10.1. The van der Waals surface area contributed by atoms with Crippen molar-refractivity contribution in [3.05, 3.63) is 66.6 Å². The molecular weight excluding hydrogens is 236 g/mol. The highest BCUT2D eigenvalue weighted by molar-refractivity contribution is 5.94. The summed E-state index contributed by atoms with van der Waals surface area (Å²) >= 11 is 0. The van der Waals surface area contributed by atoms with E-state index in [4.69, 9.17) is 5.73 Å². The monoisotopic (exact) mass is 250 g/mol. The third-order valence-corrected chi connectivity index (χ3v) is 2.99. The fourth-order valence-electron chi connectivity index (χ4n) is 2.08. The predicted octanol–water partition coefficient (Wildman–Crippen LogP) is 2.26. The van der Waals surface area contributed by atoms with E-state index in [1.54, 1.807) is 12.4 Å². The maximum absolute atomic E-state index is 5.85. The molecule has 2 heterocycles. The molecule has 2 aromatic rings. The number of benzene rings is 1. The minimum atomic E-state index is 0.588. The molecule has 0 fully saturated rings. The predicted molar refractivity (Wildman–Crippen MR) is 77.6 cm³/mol. The van der Waals surface area contributed by atoms with Crippen molar-refractivity contribution in [1.82, 2.24) is 4.98 Å². The average molecular weight is 250 g/mol. The van der Waals surface area contributed by atoms with E-state index < -0.39 is 0 Å². The number of anilines is 1. The van der Waals surface area contributed by atoms with E-state index in [-0.39, 0.29) is 0 Å². The highest BCUT2D eigenvalue weighted by Gasteiger charge is 2.18. The van der Waals surface area contributed by atoms with E-state index in [0.29, 0.717) is 12.4 Å². The van der Waals surface area contributed by atoms with Crippen LogP contribution in [0.1, 0.15) is 5.56 Å². The summed E-state index contributed by atoms with van der Waals surface area (Å²) in [6.45, 7) is 0.588. The van der Waals surface area contributed by atoms with Gasteiger partial charge in [-0.1, -0.05) is 18.2 Å². The summed E-state index contributed by atoms with van der Waals surface area (Å²) in [5.41, 5.74) is 8.98. The van der Waals surface area contributed by atoms with Crippen molar-refractivity contribution in [2.24, 2.45) is 10.7 Å². The standard InChI is InChI=1S/C15H14N4/c16-15-11-19(13-6-2-1-3-7-13)14(10-18-15)12-5-4-8-17-9-12/h1-10H,11H2,(H2,16,18). The molecule has 1 aliphatic heterocycles. The molecule has 1 aromatic heterocycles. The van der Waals surface area contributed by atoms with Gasteiger partial charge in [-0.05, 0) is 24.3 Å². The normalized spacial score (nSPS) is 14.8. The lowest BCUT2D eigenvalue weighted by Gasteiger charge is -2.29. The van der Waals surface area contributed by atoms with Crippen molar-refractivity contribution in [2.75, 3.05) is 11.4 Å². The molecular formula is C15H14N4. The molecule has 2 N–H and O–H groups in total. The molecule has 0 amide bonds. The van der Waals surface area contributed by atoms with Gasteiger partial charge in [-0.2, -0.15) is 0 Å². The molecule has 0 bridgehead atoms. The van der Waals surface area contributed by atoms with E-state index >= 15 is 0 Å². The molecule has 0 spiro atoms. The number of hydrogen-bond donors (Lipinski definition) is 1. The van der Waals surface area contributed by atoms with Gasteiger partial charge in [0.05, 0.1) is 18.4 Å². The second-order valence-corrected chi connectivity index (χ2v) is 4.30. The second kappa shape index (κ2) is 4.94. The van der Waals surface area contributed by atoms with Crippen LogP contribution in [0.15, 0.2) is 66.1 Å². The number of aromatic nitrogens is 1. The van der Waals surface area contributed by atoms with Crippen molar-refractivity contribution >= 4 is 17.2 Å². The highest BCUT2D eigenvalue weighted by atomic mass is 15.2. The van der Waals surface area contributed by atoms with E-state index in [1.165, 1.54) is 0 Å². The number of pyridine rings is 1. The minimum Gasteiger partial charge on any atom is -0.386 e. The molecule has 19 heavy (non-hydrogen) atoms. The van der Waals surface area contributed by atoms with Crippen LogP contribution in [0, 0.1) is 0 Å². The smallest absolute Gasteiger partial charge is 0.119 e. The molecule has 0 atom stereocenters. The van der Waals surface area contributed by atoms with Crippen molar-refractivity contribution in [2.45, 2.75) is 0 Å². The van der Waals surface area contributed by atoms with E-state index in [0.717, 1.165) is 16.9 Å². The topological polar surface area (TPSA) is 54.5 Å². The Morgan fingerprint density at radius 3 is 2.63 bits per heavy atom. The van der Waals surface area contributed by atoms with E-state index in [2.05, 4.69) is 27.0 Å². The van der Waals surface area contributed by atoms with Gasteiger partial charge < -0.3 is 10.6 Å². The van der Waals surface area contributed by atoms with Crippen LogP contribution < -0.4 is 10.6 Å². The van der Waals surface area contributed by atoms with Gasteiger partial charge in [-0.15, -0.1) is 0 Å². The van der Waals surface area contributed by atoms with Crippen LogP contribution in [-0.4, -0.2) is 17.4 Å². The van der Waals surface area contributed by atoms with Crippen LogP contribution in [-0.2, 0) is 0 Å². The minimum absolute atomic E-state index is 0.588. The third kappa shape index (κ3) is 2.33. The maximum Gasteiger partial charge on any atom is 0.119 e. The Morgan fingerprint density at radius 2 is 1.89 bits per heavy atom. The lowest BCUT2D eigenvalue weighted by molar-refractivity contribution is 1.09. The molecule has 0 radical (unpaired) electrons. The molecule has 0 aliphatic carbocycles. The zero-order valence-electron chi connectivity index (χ0n) is 10.4. The number of rotatable bonds is 2. The molecule has 94 valence electrons. The first-order chi connectivity index (χ1) is 9.34. The van der Waals surface area contributed by atoms with E-state index in [9.17, 15) is 0 Å². The van der Waals surface area contributed by atoms with Crippen LogP contribution in [0.25, 0.3) is 5.70 Å². The molecule has 1 aliphatic rings. The summed E-state index contributed by atoms with van der Waals surface area (Å²) in [7, 11) is 0. The van der Waals surface area contributed by atoms with Gasteiger partial charge >= 0.3 is 0 Å². The average Bonchev–Trinajstić information content (AvgIpc) is 2.49. The fourth-order valence-corrected chi connectivity index (χ4v) is 2.08. The zero-order valence-corrected chi connectivity index (χ0v) is 10.4. The summed E-state index contributed by atoms with van der Waals surface area (Å²) in [4.78, 5) is 10.5. The Bertz CT molecular complexity index is 617. The van der Waals surface area contributed by atoms with Gasteiger partial charge in [-0.25, -0.2) is 4.99 Å². The van der Waals surface area contributed by atoms with Crippen molar-refractivity contribution in [3.8, 4) is 0 Å². The van der Waals surface area contributed by atoms with Crippen molar-refractivity contribution in [3.63, 3.8) is 0 Å². The summed E-state index contributed by atoms with van der Waals surface area (Å²) in [5, 5.41) is 0. The number of nitrogens with two attached hydrogens (primary N) is 1. The first-order valence-corrected chi connectivity index (χ1v) is 6.10. The van der Waals surface area contributed by atoms with Crippen LogP contribution in [0.3, 0.4) is 0 Å². The van der Waals surface area contributed by atoms with Crippen molar-refractivity contribution < 1.29 is 0 Å². The largest absolute Gasteiger partial charge is 0.386 e. The third-order valence-electron chi connectivity index (χ3n) is 2.99. The van der Waals surface area contributed by atoms with Gasteiger partial charge in [0.25, 0.3) is 0 Å². The Labute approximate surface area is 111 Å². The number of hydrogen-bond acceptors (Lipinski definition) is 4. The maximum atomic E-state index is 5.85. The first-order valence-electron chi connectivity index (χ1n) is 6.10. The molecule has 0 saturated heterocycles. The van der Waals surface area contributed by atoms with Crippen LogP contribution in [0.5, 0.6) is 0 Å². The Kier molecular flexibility index (Phi) is 2.98. The Balaban J connectivity index is 2.04. The summed E-state index contributed by atoms with van der Waals surface area (Å²) in [5.74, 6) is 0.608. The second-order valence-electron chi connectivity index (χ2n) is 4.30. The van der Waals surface area contributed by atoms with Crippen LogP contribution >= 0.6 is 0 Å². The summed E-state index contributed by atoms with van der Waals surface area (Å²) in [6.07, 6.45) is 5.39. The number of amidine groups is 1. The van der Waals surface area contributed by atoms with Gasteiger partial charge in [0.15, 0.2) is 0 Å². The van der Waals surface area contributed by atoms with Crippen LogP contribution in [0.4, 0.5) is 5.69 Å². The summed E-state index contributed by atoms with van der Waals surface area (Å²) in [6, 6.07) is 14.1. The summed E-state index contributed by atoms with van der Waals surface area (Å²) < 4.78 is 0. The van der Waals surface area contributed by atoms with E-state index in [1.807, 2.05) is 36.5 Å². The molecule has 0 unspecified atom stereocenters. The zero-order chi connectivity index (χ0) is 13.1. The Hall–Kier alpha value is -2.62. The van der Waals surface area contributed by atoms with Crippen LogP contribution in [0.2, 0.25) is 0 Å². The van der Waals surface area contributed by atoms with Crippen molar-refractivity contribution in [1.29, 1.82) is 0 Å². The molecule has 4 nitrogen and oxygen atoms in total. The molecule has 0 saturated carbocycles. The molecule has 3 rings (SSSR count). The Morgan fingerprint density at radius 1 is 1.05 bits per heavy atom. The lowest BCUT2D eigenvalue weighted by Crippen LogP contribution is -2.35. The SMILES string of the molecule is NC1=NC=C(c2cccnc2)N(c2ccccc2)C1. The molecule has 1 aromatic carbocycles.